The first-order valence-corrected chi connectivity index (χ1v) is 12.7. The summed E-state index contributed by atoms with van der Waals surface area (Å²) in [5.41, 5.74) is 0.962. The van der Waals surface area contributed by atoms with E-state index in [-0.39, 0.29) is 29.5 Å². The van der Waals surface area contributed by atoms with Crippen LogP contribution in [0.2, 0.25) is 0 Å². The number of nitro benzene ring substituents is 1. The number of hydrogen-bond acceptors (Lipinski definition) is 8. The zero-order valence-electron chi connectivity index (χ0n) is 22.1. The van der Waals surface area contributed by atoms with Crippen LogP contribution in [0.1, 0.15) is 11.1 Å². The van der Waals surface area contributed by atoms with Gasteiger partial charge in [-0.3, -0.25) is 14.9 Å². The quantitative estimate of drug-likeness (QED) is 0.120. The van der Waals surface area contributed by atoms with Gasteiger partial charge < -0.3 is 13.9 Å². The fourth-order valence-corrected chi connectivity index (χ4v) is 4.50. The lowest BCUT2D eigenvalue weighted by atomic mass is 10.1. The first-order valence-electron chi connectivity index (χ1n) is 12.7. The number of methoxy groups -OCH3 is 1. The number of aromatic nitrogens is 2. The number of nitro groups is 1. The fraction of sp³-hybridized carbons (Fsp3) is 0.0645. The molecule has 0 aliphatic rings. The predicted octanol–water partition coefficient (Wildman–Crippen LogP) is 6.33. The molecule has 6 aromatic rings. The monoisotopic (exact) mass is 564 g/mol. The van der Waals surface area contributed by atoms with Crippen LogP contribution in [0.4, 0.5) is 10.1 Å². The van der Waals surface area contributed by atoms with Gasteiger partial charge in [0.2, 0.25) is 11.6 Å². The maximum Gasteiger partial charge on any atom is 0.315 e. The Balaban J connectivity index is 1.43. The molecule has 0 bridgehead atoms. The van der Waals surface area contributed by atoms with Crippen LogP contribution in [0.5, 0.6) is 11.5 Å². The van der Waals surface area contributed by atoms with E-state index in [1.165, 1.54) is 43.7 Å². The van der Waals surface area contributed by atoms with E-state index in [0.717, 1.165) is 10.1 Å². The van der Waals surface area contributed by atoms with Gasteiger partial charge in [0, 0.05) is 17.0 Å². The molecule has 0 aliphatic heterocycles. The normalized spacial score (nSPS) is 11.4. The van der Waals surface area contributed by atoms with Gasteiger partial charge in [-0.25, -0.2) is 9.37 Å². The Labute approximate surface area is 237 Å². The molecule has 0 amide bonds. The Kier molecular flexibility index (Phi) is 6.89. The van der Waals surface area contributed by atoms with Gasteiger partial charge in [0.15, 0.2) is 11.5 Å². The topological polar surface area (TPSA) is 122 Å². The van der Waals surface area contributed by atoms with Gasteiger partial charge in [-0.05, 0) is 48.0 Å². The van der Waals surface area contributed by atoms with Crippen LogP contribution in [0.15, 0.2) is 105 Å². The molecule has 2 aromatic heterocycles. The largest absolute Gasteiger partial charge is 0.493 e. The van der Waals surface area contributed by atoms with Crippen molar-refractivity contribution in [3.8, 4) is 23.1 Å². The van der Waals surface area contributed by atoms with Crippen LogP contribution >= 0.6 is 0 Å². The maximum absolute atomic E-state index is 13.6. The minimum Gasteiger partial charge on any atom is -0.493 e. The van der Waals surface area contributed by atoms with Gasteiger partial charge in [-0.2, -0.15) is 9.78 Å². The van der Waals surface area contributed by atoms with Gasteiger partial charge in [0.25, 0.3) is 5.56 Å². The molecule has 0 spiro atoms. The number of ether oxygens (including phenoxy) is 2. The zero-order valence-corrected chi connectivity index (χ0v) is 22.1. The third kappa shape index (κ3) is 5.06. The van der Waals surface area contributed by atoms with E-state index < -0.39 is 22.0 Å². The standard InChI is InChI=1S/C31H21FN4O6/c1-40-27-15-20(14-25(36(38)39)29(27)41-18-19-7-6-9-22(32)13-19)17-33-35-30(28-16-21-8-2-5-12-26(21)42-28)34-24-11-4-3-10-23(24)31(35)37/h2-17H,18H2,1H3. The molecule has 4 aromatic carbocycles. The van der Waals surface area contributed by atoms with Crippen molar-refractivity contribution in [3.05, 3.63) is 128 Å². The first-order chi connectivity index (χ1) is 20.4. The van der Waals surface area contributed by atoms with E-state index in [2.05, 4.69) is 10.1 Å². The zero-order chi connectivity index (χ0) is 29.2. The molecule has 0 saturated carbocycles. The molecule has 0 atom stereocenters. The van der Waals surface area contributed by atoms with Crippen molar-refractivity contribution >= 4 is 33.8 Å². The summed E-state index contributed by atoms with van der Waals surface area (Å²) in [5, 5.41) is 17.5. The number of para-hydroxylation sites is 2. The van der Waals surface area contributed by atoms with E-state index in [1.54, 1.807) is 42.5 Å². The number of fused-ring (bicyclic) bond motifs is 2. The average molecular weight is 565 g/mol. The summed E-state index contributed by atoms with van der Waals surface area (Å²) in [5.74, 6) is -0.0481. The number of rotatable bonds is 8. The molecular weight excluding hydrogens is 543 g/mol. The van der Waals surface area contributed by atoms with E-state index in [4.69, 9.17) is 13.9 Å². The van der Waals surface area contributed by atoms with Crippen LogP contribution in [0.25, 0.3) is 33.5 Å². The van der Waals surface area contributed by atoms with Crippen LogP contribution in [-0.4, -0.2) is 27.9 Å². The summed E-state index contributed by atoms with van der Waals surface area (Å²) in [4.78, 5) is 29.6. The van der Waals surface area contributed by atoms with Crippen LogP contribution < -0.4 is 15.0 Å². The molecule has 0 unspecified atom stereocenters. The van der Waals surface area contributed by atoms with Crippen molar-refractivity contribution in [1.29, 1.82) is 0 Å². The molecule has 0 N–H and O–H groups in total. The summed E-state index contributed by atoms with van der Waals surface area (Å²) in [6.45, 7) is -0.124. The minimum atomic E-state index is -0.621. The average Bonchev–Trinajstić information content (AvgIpc) is 3.43. The van der Waals surface area contributed by atoms with Crippen molar-refractivity contribution in [2.24, 2.45) is 5.10 Å². The van der Waals surface area contributed by atoms with Crippen molar-refractivity contribution in [2.45, 2.75) is 6.61 Å². The summed E-state index contributed by atoms with van der Waals surface area (Å²) in [6, 6.07) is 24.4. The summed E-state index contributed by atoms with van der Waals surface area (Å²) in [7, 11) is 1.34. The Morgan fingerprint density at radius 2 is 1.86 bits per heavy atom. The van der Waals surface area contributed by atoms with E-state index in [1.807, 2.05) is 18.2 Å². The number of benzene rings is 4. The molecule has 10 nitrogen and oxygen atoms in total. The highest BCUT2D eigenvalue weighted by molar-refractivity contribution is 5.85. The van der Waals surface area contributed by atoms with E-state index in [0.29, 0.717) is 27.8 Å². The number of nitrogens with zero attached hydrogens (tertiary/aromatic N) is 4. The van der Waals surface area contributed by atoms with Gasteiger partial charge in [0.05, 0.1) is 29.2 Å². The molecule has 208 valence electrons. The predicted molar refractivity (Wildman–Crippen MR) is 155 cm³/mol. The van der Waals surface area contributed by atoms with Crippen LogP contribution in [-0.2, 0) is 6.61 Å². The van der Waals surface area contributed by atoms with E-state index in [9.17, 15) is 19.3 Å². The SMILES string of the molecule is COc1cc(C=Nn2c(-c3cc4ccccc4o3)nc3ccccc3c2=O)cc([N+](=O)[O-])c1OCc1cccc(F)c1. The molecular formula is C31H21FN4O6. The molecule has 2 heterocycles. The van der Waals surface area contributed by atoms with Gasteiger partial charge in [-0.15, -0.1) is 0 Å². The molecule has 11 heteroatoms. The fourth-order valence-electron chi connectivity index (χ4n) is 4.50. The lowest BCUT2D eigenvalue weighted by Gasteiger charge is -2.12. The molecule has 0 radical (unpaired) electrons. The maximum atomic E-state index is 13.6. The summed E-state index contributed by atoms with van der Waals surface area (Å²) < 4.78 is 31.7. The molecule has 0 aliphatic carbocycles. The lowest BCUT2D eigenvalue weighted by molar-refractivity contribution is -0.386. The van der Waals surface area contributed by atoms with Crippen molar-refractivity contribution in [2.75, 3.05) is 7.11 Å². The lowest BCUT2D eigenvalue weighted by Crippen LogP contribution is -2.20. The number of furan rings is 1. The molecule has 6 rings (SSSR count). The minimum absolute atomic E-state index is 0.0588. The van der Waals surface area contributed by atoms with Crippen molar-refractivity contribution < 1.29 is 23.2 Å². The highest BCUT2D eigenvalue weighted by atomic mass is 19.1. The number of hydrogen-bond donors (Lipinski definition) is 0. The molecule has 0 saturated heterocycles. The first kappa shape index (κ1) is 26.4. The molecule has 0 fully saturated rings. The Morgan fingerprint density at radius 1 is 1.05 bits per heavy atom. The van der Waals surface area contributed by atoms with Gasteiger partial charge in [-0.1, -0.05) is 42.5 Å². The Hall–Kier alpha value is -5.84. The smallest absolute Gasteiger partial charge is 0.315 e. The Morgan fingerprint density at radius 3 is 2.64 bits per heavy atom. The van der Waals surface area contributed by atoms with Crippen LogP contribution in [0.3, 0.4) is 0 Å². The van der Waals surface area contributed by atoms with Crippen molar-refractivity contribution in [3.63, 3.8) is 0 Å². The Bertz CT molecular complexity index is 2030. The second-order valence-electron chi connectivity index (χ2n) is 9.21. The van der Waals surface area contributed by atoms with Gasteiger partial charge in [0.1, 0.15) is 18.0 Å². The van der Waals surface area contributed by atoms with Gasteiger partial charge >= 0.3 is 5.69 Å². The highest BCUT2D eigenvalue weighted by Gasteiger charge is 2.23. The molecule has 42 heavy (non-hydrogen) atoms. The number of halogens is 1. The van der Waals surface area contributed by atoms with Crippen molar-refractivity contribution in [1.82, 2.24) is 9.66 Å². The third-order valence-corrected chi connectivity index (χ3v) is 6.47. The summed E-state index contributed by atoms with van der Waals surface area (Å²) in [6.07, 6.45) is 1.29. The second-order valence-corrected chi connectivity index (χ2v) is 9.21. The van der Waals surface area contributed by atoms with E-state index >= 15 is 0 Å². The third-order valence-electron chi connectivity index (χ3n) is 6.47. The second kappa shape index (κ2) is 11.0. The van der Waals surface area contributed by atoms with Crippen LogP contribution in [0, 0.1) is 15.9 Å². The highest BCUT2D eigenvalue weighted by Crippen LogP contribution is 2.38. The summed E-state index contributed by atoms with van der Waals surface area (Å²) >= 11 is 0.